The number of carbonyl (C=O) groups is 3. The van der Waals surface area contributed by atoms with Crippen LogP contribution in [0.3, 0.4) is 0 Å². The number of esters is 2. The summed E-state index contributed by atoms with van der Waals surface area (Å²) in [6.45, 7) is -0.841. The van der Waals surface area contributed by atoms with Crippen LogP contribution in [-0.4, -0.2) is 35.6 Å². The molecule has 0 spiro atoms. The molecule has 0 aliphatic carbocycles. The highest BCUT2D eigenvalue weighted by molar-refractivity contribution is 5.93. The van der Waals surface area contributed by atoms with Crippen LogP contribution >= 0.6 is 0 Å². The van der Waals surface area contributed by atoms with Gasteiger partial charge in [0.15, 0.2) is 0 Å². The Hall–Kier alpha value is -1.43. The molecule has 13 heavy (non-hydrogen) atoms. The Morgan fingerprint density at radius 1 is 1.62 bits per heavy atom. The molecule has 2 N–H and O–H groups in total. The lowest BCUT2D eigenvalue weighted by atomic mass is 10.2. The Bertz CT molecular complexity index is 249. The zero-order valence-corrected chi connectivity index (χ0v) is 6.78. The minimum Gasteiger partial charge on any atom is -0.390 e. The van der Waals surface area contributed by atoms with Gasteiger partial charge >= 0.3 is 11.9 Å². The van der Waals surface area contributed by atoms with Gasteiger partial charge in [0, 0.05) is 6.42 Å². The van der Waals surface area contributed by atoms with Crippen LogP contribution in [-0.2, 0) is 19.1 Å². The van der Waals surface area contributed by atoms with Crippen molar-refractivity contribution in [1.82, 2.24) is 5.32 Å². The number of aliphatic hydroxyl groups excluding tert-OH is 1. The Morgan fingerprint density at radius 2 is 2.31 bits per heavy atom. The van der Waals surface area contributed by atoms with E-state index in [-0.39, 0.29) is 12.3 Å². The first kappa shape index (κ1) is 9.66. The summed E-state index contributed by atoms with van der Waals surface area (Å²) < 4.78 is 4.19. The first-order valence-corrected chi connectivity index (χ1v) is 3.78. The third kappa shape index (κ3) is 2.51. The molecule has 1 aliphatic heterocycles. The van der Waals surface area contributed by atoms with Gasteiger partial charge in [-0.25, -0.2) is 9.59 Å². The molecule has 72 valence electrons. The van der Waals surface area contributed by atoms with Gasteiger partial charge in [-0.15, -0.1) is 0 Å². The molecule has 0 aromatic heterocycles. The van der Waals surface area contributed by atoms with Crippen molar-refractivity contribution in [3.05, 3.63) is 0 Å². The molecular weight excluding hydrogens is 178 g/mol. The van der Waals surface area contributed by atoms with E-state index >= 15 is 0 Å². The molecule has 0 bridgehead atoms. The number of nitrogens with one attached hydrogen (secondary N) is 1. The van der Waals surface area contributed by atoms with Gasteiger partial charge in [-0.05, 0) is 6.42 Å². The van der Waals surface area contributed by atoms with Crippen molar-refractivity contribution in [1.29, 1.82) is 0 Å². The molecule has 0 aromatic rings. The van der Waals surface area contributed by atoms with Crippen molar-refractivity contribution >= 4 is 17.8 Å². The number of hydrogen-bond acceptors (Lipinski definition) is 5. The first-order valence-electron chi connectivity index (χ1n) is 3.78. The van der Waals surface area contributed by atoms with E-state index in [1.807, 2.05) is 0 Å². The maximum atomic E-state index is 11.0. The fourth-order valence-electron chi connectivity index (χ4n) is 1.01. The normalized spacial score (nSPS) is 21.0. The summed E-state index contributed by atoms with van der Waals surface area (Å²) >= 11 is 0. The fourth-order valence-corrected chi connectivity index (χ4v) is 1.01. The topological polar surface area (TPSA) is 92.7 Å². The predicted octanol–water partition coefficient (Wildman–Crippen LogP) is -1.67. The smallest absolute Gasteiger partial charge is 0.339 e. The maximum Gasteiger partial charge on any atom is 0.339 e. The van der Waals surface area contributed by atoms with Crippen molar-refractivity contribution < 1.29 is 24.2 Å². The maximum absolute atomic E-state index is 11.0. The van der Waals surface area contributed by atoms with E-state index < -0.39 is 24.6 Å². The van der Waals surface area contributed by atoms with Crippen LogP contribution in [0.1, 0.15) is 12.8 Å². The third-order valence-corrected chi connectivity index (χ3v) is 1.62. The molecule has 1 saturated heterocycles. The summed E-state index contributed by atoms with van der Waals surface area (Å²) in [5, 5.41) is 10.6. The zero-order chi connectivity index (χ0) is 9.84. The van der Waals surface area contributed by atoms with Gasteiger partial charge in [0.2, 0.25) is 5.91 Å². The molecule has 0 aromatic carbocycles. The number of ether oxygens (including phenoxy) is 1. The largest absolute Gasteiger partial charge is 0.390 e. The molecule has 1 amide bonds. The number of aliphatic hydroxyl groups is 1. The molecule has 0 saturated carbocycles. The van der Waals surface area contributed by atoms with Gasteiger partial charge in [0.1, 0.15) is 12.6 Å². The lowest BCUT2D eigenvalue weighted by molar-refractivity contribution is -0.163. The van der Waals surface area contributed by atoms with E-state index in [4.69, 9.17) is 5.11 Å². The highest BCUT2D eigenvalue weighted by Gasteiger charge is 2.29. The molecule has 1 fully saturated rings. The monoisotopic (exact) mass is 187 g/mol. The summed E-state index contributed by atoms with van der Waals surface area (Å²) in [6.07, 6.45) is 0.587. The van der Waals surface area contributed by atoms with Crippen molar-refractivity contribution in [2.45, 2.75) is 18.9 Å². The summed E-state index contributed by atoms with van der Waals surface area (Å²) in [6, 6.07) is -0.747. The lowest BCUT2D eigenvalue weighted by Crippen LogP contribution is -2.36. The number of carbonyl (C=O) groups excluding carboxylic acids is 3. The minimum absolute atomic E-state index is 0.238. The van der Waals surface area contributed by atoms with E-state index in [1.165, 1.54) is 0 Å². The average Bonchev–Trinajstić information content (AvgIpc) is 2.51. The second-order valence-corrected chi connectivity index (χ2v) is 2.61. The number of rotatable bonds is 2. The van der Waals surface area contributed by atoms with E-state index in [0.29, 0.717) is 6.42 Å². The Balaban J connectivity index is 2.40. The van der Waals surface area contributed by atoms with Crippen LogP contribution in [0.25, 0.3) is 0 Å². The number of amides is 1. The summed E-state index contributed by atoms with van der Waals surface area (Å²) in [5.74, 6) is -2.06. The Labute approximate surface area is 73.9 Å². The number of hydrogen-bond donors (Lipinski definition) is 2. The van der Waals surface area contributed by atoms with E-state index in [0.717, 1.165) is 0 Å². The summed E-state index contributed by atoms with van der Waals surface area (Å²) in [4.78, 5) is 32.1. The minimum atomic E-state index is -1.01. The molecule has 1 aliphatic rings. The molecule has 0 radical (unpaired) electrons. The third-order valence-electron chi connectivity index (χ3n) is 1.62. The first-order chi connectivity index (χ1) is 6.13. The lowest BCUT2D eigenvalue weighted by Gasteiger charge is -2.06. The van der Waals surface area contributed by atoms with Crippen LogP contribution in [0.15, 0.2) is 0 Å². The van der Waals surface area contributed by atoms with Crippen molar-refractivity contribution in [3.63, 3.8) is 0 Å². The van der Waals surface area contributed by atoms with Crippen molar-refractivity contribution in [3.8, 4) is 0 Å². The van der Waals surface area contributed by atoms with Gasteiger partial charge in [-0.2, -0.15) is 0 Å². The SMILES string of the molecule is O=C1CCC(C(=O)OC(=O)CO)N1. The predicted molar refractivity (Wildman–Crippen MR) is 39.3 cm³/mol. The molecular formula is C7H9NO5. The average molecular weight is 187 g/mol. The van der Waals surface area contributed by atoms with Crippen molar-refractivity contribution in [2.75, 3.05) is 6.61 Å². The van der Waals surface area contributed by atoms with Gasteiger partial charge in [0.25, 0.3) is 0 Å². The fraction of sp³-hybridized carbons (Fsp3) is 0.571. The van der Waals surface area contributed by atoms with Crippen LogP contribution in [0.5, 0.6) is 0 Å². The zero-order valence-electron chi connectivity index (χ0n) is 6.78. The standard InChI is InChI=1S/C7H9NO5/c9-3-6(11)13-7(12)4-1-2-5(10)8-4/h4,9H,1-3H2,(H,8,10). The van der Waals surface area contributed by atoms with Gasteiger partial charge < -0.3 is 15.2 Å². The highest BCUT2D eigenvalue weighted by atomic mass is 16.6. The molecule has 1 atom stereocenters. The van der Waals surface area contributed by atoms with E-state index in [1.54, 1.807) is 0 Å². The van der Waals surface area contributed by atoms with Gasteiger partial charge in [-0.3, -0.25) is 4.79 Å². The van der Waals surface area contributed by atoms with Gasteiger partial charge in [-0.1, -0.05) is 0 Å². The van der Waals surface area contributed by atoms with Crippen LogP contribution in [0, 0.1) is 0 Å². The van der Waals surface area contributed by atoms with Crippen molar-refractivity contribution in [2.24, 2.45) is 0 Å². The van der Waals surface area contributed by atoms with Crippen LogP contribution in [0.4, 0.5) is 0 Å². The molecule has 1 rings (SSSR count). The second kappa shape index (κ2) is 3.99. The molecule has 1 unspecified atom stereocenters. The Kier molecular flexibility index (Phi) is 2.97. The van der Waals surface area contributed by atoms with Crippen LogP contribution in [0.2, 0.25) is 0 Å². The molecule has 1 heterocycles. The summed E-state index contributed by atoms with van der Waals surface area (Å²) in [7, 11) is 0. The quantitative estimate of drug-likeness (QED) is 0.398. The second-order valence-electron chi connectivity index (χ2n) is 2.61. The molecule has 6 heteroatoms. The van der Waals surface area contributed by atoms with Gasteiger partial charge in [0.05, 0.1) is 0 Å². The van der Waals surface area contributed by atoms with E-state index in [2.05, 4.69) is 10.1 Å². The summed E-state index contributed by atoms with van der Waals surface area (Å²) in [5.41, 5.74) is 0. The molecule has 6 nitrogen and oxygen atoms in total. The van der Waals surface area contributed by atoms with E-state index in [9.17, 15) is 14.4 Å². The Morgan fingerprint density at radius 3 is 2.77 bits per heavy atom. The van der Waals surface area contributed by atoms with Crippen LogP contribution < -0.4 is 5.32 Å². The highest BCUT2D eigenvalue weighted by Crippen LogP contribution is 2.07.